The van der Waals surface area contributed by atoms with E-state index in [1.54, 1.807) is 0 Å². The maximum absolute atomic E-state index is 5.68. The highest BCUT2D eigenvalue weighted by Crippen LogP contribution is 2.03. The van der Waals surface area contributed by atoms with Gasteiger partial charge in [0, 0.05) is 19.7 Å². The lowest BCUT2D eigenvalue weighted by Crippen LogP contribution is -2.36. The average molecular weight is 250 g/mol. The van der Waals surface area contributed by atoms with Crippen LogP contribution in [0.1, 0.15) is 18.9 Å². The molecule has 2 N–H and O–H groups in total. The molecule has 0 spiro atoms. The molecule has 1 rings (SSSR count). The van der Waals surface area contributed by atoms with Gasteiger partial charge in [-0.15, -0.1) is 0 Å². The molecule has 0 saturated carbocycles. The Kier molecular flexibility index (Phi) is 7.65. The number of likely N-dealkylation sites (N-methyl/N-ethyl adjacent to an activating group) is 1. The minimum absolute atomic E-state index is 0.164. The van der Waals surface area contributed by atoms with Crippen molar-refractivity contribution in [2.75, 3.05) is 33.3 Å². The average Bonchev–Trinajstić information content (AvgIpc) is 2.39. The monoisotopic (exact) mass is 250 g/mol. The minimum Gasteiger partial charge on any atom is -0.376 e. The Balaban J connectivity index is 2.18. The van der Waals surface area contributed by atoms with Crippen molar-refractivity contribution in [1.82, 2.24) is 4.90 Å². The molecule has 0 aliphatic rings. The molecule has 3 heteroatoms. The van der Waals surface area contributed by atoms with Crippen LogP contribution in [0.3, 0.4) is 0 Å². The highest BCUT2D eigenvalue weighted by atomic mass is 16.5. The predicted molar refractivity (Wildman–Crippen MR) is 76.7 cm³/mol. The Labute approximate surface area is 111 Å². The lowest BCUT2D eigenvalue weighted by Gasteiger charge is -2.22. The van der Waals surface area contributed by atoms with E-state index in [0.29, 0.717) is 6.54 Å². The molecular formula is C15H26N2O. The van der Waals surface area contributed by atoms with Crippen molar-refractivity contribution in [3.63, 3.8) is 0 Å². The lowest BCUT2D eigenvalue weighted by atomic mass is 10.1. The molecule has 0 bridgehead atoms. The van der Waals surface area contributed by atoms with Gasteiger partial charge in [-0.25, -0.2) is 0 Å². The number of hydrogen-bond acceptors (Lipinski definition) is 3. The minimum atomic E-state index is 0.164. The molecule has 0 heterocycles. The van der Waals surface area contributed by atoms with Gasteiger partial charge in [0.05, 0.1) is 6.10 Å². The molecule has 0 aliphatic carbocycles. The van der Waals surface area contributed by atoms with Crippen LogP contribution in [-0.4, -0.2) is 44.3 Å². The lowest BCUT2D eigenvalue weighted by molar-refractivity contribution is 0.0451. The number of rotatable bonds is 9. The van der Waals surface area contributed by atoms with Crippen LogP contribution in [-0.2, 0) is 11.2 Å². The molecule has 1 aromatic carbocycles. The van der Waals surface area contributed by atoms with Gasteiger partial charge in [0.15, 0.2) is 0 Å². The summed E-state index contributed by atoms with van der Waals surface area (Å²) in [5.74, 6) is 0. The van der Waals surface area contributed by atoms with Gasteiger partial charge in [-0.05, 0) is 38.9 Å². The Morgan fingerprint density at radius 3 is 2.61 bits per heavy atom. The van der Waals surface area contributed by atoms with E-state index in [0.717, 1.165) is 26.1 Å². The number of ether oxygens (including phenoxy) is 1. The third kappa shape index (κ3) is 6.15. The molecule has 0 amide bonds. The van der Waals surface area contributed by atoms with Crippen LogP contribution in [0.15, 0.2) is 30.3 Å². The zero-order chi connectivity index (χ0) is 13.2. The molecule has 0 aromatic heterocycles. The van der Waals surface area contributed by atoms with E-state index in [9.17, 15) is 0 Å². The van der Waals surface area contributed by atoms with Crippen LogP contribution in [0.25, 0.3) is 0 Å². The maximum atomic E-state index is 5.68. The molecule has 0 radical (unpaired) electrons. The van der Waals surface area contributed by atoms with Gasteiger partial charge < -0.3 is 15.4 Å². The SMILES string of the molecule is CCOC(CN)CN(C)CCCc1ccccc1. The number of nitrogens with zero attached hydrogens (tertiary/aromatic N) is 1. The molecule has 18 heavy (non-hydrogen) atoms. The summed E-state index contributed by atoms with van der Waals surface area (Å²) in [6, 6.07) is 10.6. The Bertz CT molecular complexity index is 303. The van der Waals surface area contributed by atoms with E-state index in [2.05, 4.69) is 42.3 Å². The summed E-state index contributed by atoms with van der Waals surface area (Å²) in [5.41, 5.74) is 7.08. The standard InChI is InChI=1S/C15H26N2O/c1-3-18-15(12-16)13-17(2)11-7-10-14-8-5-4-6-9-14/h4-6,8-9,15H,3,7,10-13,16H2,1-2H3. The first-order valence-electron chi connectivity index (χ1n) is 6.80. The number of aryl methyl sites for hydroxylation is 1. The van der Waals surface area contributed by atoms with Crippen molar-refractivity contribution >= 4 is 0 Å². The first-order valence-corrected chi connectivity index (χ1v) is 6.80. The molecule has 1 unspecified atom stereocenters. The van der Waals surface area contributed by atoms with Crippen LogP contribution in [0.4, 0.5) is 0 Å². The summed E-state index contributed by atoms with van der Waals surface area (Å²) in [6.07, 6.45) is 2.47. The molecule has 1 atom stereocenters. The number of nitrogens with two attached hydrogens (primary N) is 1. The van der Waals surface area contributed by atoms with Crippen molar-refractivity contribution in [3.8, 4) is 0 Å². The molecule has 0 aliphatic heterocycles. The smallest absolute Gasteiger partial charge is 0.0823 e. The van der Waals surface area contributed by atoms with Crippen LogP contribution >= 0.6 is 0 Å². The Hall–Kier alpha value is -0.900. The highest BCUT2D eigenvalue weighted by Gasteiger charge is 2.09. The predicted octanol–water partition coefficient (Wildman–Crippen LogP) is 1.91. The van der Waals surface area contributed by atoms with Crippen molar-refractivity contribution in [3.05, 3.63) is 35.9 Å². The van der Waals surface area contributed by atoms with Crippen molar-refractivity contribution < 1.29 is 4.74 Å². The van der Waals surface area contributed by atoms with Gasteiger partial charge in [-0.3, -0.25) is 0 Å². The van der Waals surface area contributed by atoms with Gasteiger partial charge in [-0.1, -0.05) is 30.3 Å². The summed E-state index contributed by atoms with van der Waals surface area (Å²) in [6.45, 7) is 5.34. The fraction of sp³-hybridized carbons (Fsp3) is 0.600. The number of hydrogen-bond donors (Lipinski definition) is 1. The summed E-state index contributed by atoms with van der Waals surface area (Å²) in [5, 5.41) is 0. The third-order valence-electron chi connectivity index (χ3n) is 3.03. The van der Waals surface area contributed by atoms with E-state index in [-0.39, 0.29) is 6.10 Å². The van der Waals surface area contributed by atoms with E-state index in [1.165, 1.54) is 12.0 Å². The largest absolute Gasteiger partial charge is 0.376 e. The van der Waals surface area contributed by atoms with Crippen LogP contribution in [0.5, 0.6) is 0 Å². The Morgan fingerprint density at radius 1 is 1.28 bits per heavy atom. The third-order valence-corrected chi connectivity index (χ3v) is 3.03. The van der Waals surface area contributed by atoms with Gasteiger partial charge >= 0.3 is 0 Å². The Morgan fingerprint density at radius 2 is 2.00 bits per heavy atom. The van der Waals surface area contributed by atoms with Crippen molar-refractivity contribution in [2.24, 2.45) is 5.73 Å². The highest BCUT2D eigenvalue weighted by molar-refractivity contribution is 5.14. The van der Waals surface area contributed by atoms with Crippen molar-refractivity contribution in [1.29, 1.82) is 0 Å². The fourth-order valence-corrected chi connectivity index (χ4v) is 2.07. The van der Waals surface area contributed by atoms with Gasteiger partial charge in [0.2, 0.25) is 0 Å². The second-order valence-electron chi connectivity index (χ2n) is 4.66. The second kappa shape index (κ2) is 9.09. The van der Waals surface area contributed by atoms with Gasteiger partial charge in [0.25, 0.3) is 0 Å². The fourth-order valence-electron chi connectivity index (χ4n) is 2.07. The molecule has 0 fully saturated rings. The molecule has 1 aromatic rings. The molecule has 0 saturated heterocycles. The van der Waals surface area contributed by atoms with Crippen molar-refractivity contribution in [2.45, 2.75) is 25.9 Å². The topological polar surface area (TPSA) is 38.5 Å². The van der Waals surface area contributed by atoms with Crippen LogP contribution in [0, 0.1) is 0 Å². The summed E-state index contributed by atoms with van der Waals surface area (Å²) >= 11 is 0. The van der Waals surface area contributed by atoms with E-state index >= 15 is 0 Å². The van der Waals surface area contributed by atoms with Gasteiger partial charge in [0.1, 0.15) is 0 Å². The molecular weight excluding hydrogens is 224 g/mol. The second-order valence-corrected chi connectivity index (χ2v) is 4.66. The van der Waals surface area contributed by atoms with E-state index in [4.69, 9.17) is 10.5 Å². The molecule has 102 valence electrons. The first-order chi connectivity index (χ1) is 8.76. The van der Waals surface area contributed by atoms with Crippen LogP contribution in [0.2, 0.25) is 0 Å². The first kappa shape index (κ1) is 15.2. The quantitative estimate of drug-likeness (QED) is 0.727. The summed E-state index contributed by atoms with van der Waals surface area (Å²) in [7, 11) is 2.13. The van der Waals surface area contributed by atoms with Crippen LogP contribution < -0.4 is 5.73 Å². The normalized spacial score (nSPS) is 12.9. The maximum Gasteiger partial charge on any atom is 0.0823 e. The van der Waals surface area contributed by atoms with E-state index < -0.39 is 0 Å². The number of benzene rings is 1. The summed E-state index contributed by atoms with van der Waals surface area (Å²) < 4.78 is 5.56. The zero-order valence-corrected chi connectivity index (χ0v) is 11.6. The molecule has 3 nitrogen and oxygen atoms in total. The van der Waals surface area contributed by atoms with E-state index in [1.807, 2.05) is 6.92 Å². The summed E-state index contributed by atoms with van der Waals surface area (Å²) in [4.78, 5) is 2.30. The van der Waals surface area contributed by atoms with Gasteiger partial charge in [-0.2, -0.15) is 0 Å². The zero-order valence-electron chi connectivity index (χ0n) is 11.6.